The fourth-order valence-corrected chi connectivity index (χ4v) is 2.16. The second-order valence-corrected chi connectivity index (χ2v) is 4.69. The number of methoxy groups -OCH3 is 1. The number of nitrogens with zero attached hydrogens (tertiary/aromatic N) is 1. The third kappa shape index (κ3) is 3.94. The lowest BCUT2D eigenvalue weighted by Crippen LogP contribution is -2.49. The number of amides is 1. The molecule has 1 saturated heterocycles. The Hall–Kier alpha value is -1.59. The lowest BCUT2D eigenvalue weighted by Gasteiger charge is -2.34. The molecule has 2 unspecified atom stereocenters. The number of likely N-dealkylation sites (tertiary alicyclic amines) is 1. The molecule has 2 atom stereocenters. The predicted octanol–water partition coefficient (Wildman–Crippen LogP) is 1.40. The van der Waals surface area contributed by atoms with Crippen LogP contribution in [0.1, 0.15) is 12.0 Å². The molecule has 104 valence electrons. The van der Waals surface area contributed by atoms with E-state index in [1.807, 2.05) is 30.3 Å². The van der Waals surface area contributed by atoms with E-state index < -0.39 is 12.2 Å². The molecule has 0 aliphatic carbocycles. The van der Waals surface area contributed by atoms with Crippen LogP contribution in [0.2, 0.25) is 0 Å². The average molecular weight is 265 g/mol. The standard InChI is InChI=1S/C14H19NO4/c1-18-13-7-12(16)8-15(9-13)14(17)19-10-11-5-3-2-4-6-11/h2-6,12-13,16H,7-10H2,1H3. The van der Waals surface area contributed by atoms with Gasteiger partial charge in [-0.2, -0.15) is 0 Å². The molecule has 1 heterocycles. The first kappa shape index (κ1) is 13.8. The van der Waals surface area contributed by atoms with Gasteiger partial charge in [-0.25, -0.2) is 4.79 Å². The van der Waals surface area contributed by atoms with Crippen LogP contribution in [0.25, 0.3) is 0 Å². The van der Waals surface area contributed by atoms with E-state index in [0.717, 1.165) is 5.56 Å². The second-order valence-electron chi connectivity index (χ2n) is 4.69. The summed E-state index contributed by atoms with van der Waals surface area (Å²) in [6.45, 7) is 0.999. The molecule has 0 radical (unpaired) electrons. The Bertz CT molecular complexity index is 409. The number of benzene rings is 1. The zero-order valence-electron chi connectivity index (χ0n) is 11.0. The molecule has 1 amide bonds. The fourth-order valence-electron chi connectivity index (χ4n) is 2.16. The normalized spacial score (nSPS) is 23.2. The monoisotopic (exact) mass is 265 g/mol. The van der Waals surface area contributed by atoms with Crippen LogP contribution in [0.15, 0.2) is 30.3 Å². The molecule has 1 aliphatic heterocycles. The number of β-amino-alcohol motifs (C(OH)–C–C–N with tert-alkyl or cyclic N) is 1. The van der Waals surface area contributed by atoms with E-state index in [1.54, 1.807) is 7.11 Å². The molecule has 5 heteroatoms. The van der Waals surface area contributed by atoms with Crippen molar-refractivity contribution in [3.05, 3.63) is 35.9 Å². The van der Waals surface area contributed by atoms with Crippen molar-refractivity contribution in [3.8, 4) is 0 Å². The minimum absolute atomic E-state index is 0.131. The van der Waals surface area contributed by atoms with E-state index in [-0.39, 0.29) is 12.7 Å². The SMILES string of the molecule is COC1CC(O)CN(C(=O)OCc2ccccc2)C1. The molecule has 2 rings (SSSR count). The number of hydrogen-bond acceptors (Lipinski definition) is 4. The Morgan fingerprint density at radius 1 is 1.37 bits per heavy atom. The maximum atomic E-state index is 11.9. The van der Waals surface area contributed by atoms with Gasteiger partial charge in [-0.05, 0) is 5.56 Å². The zero-order chi connectivity index (χ0) is 13.7. The summed E-state index contributed by atoms with van der Waals surface area (Å²) < 4.78 is 10.4. The van der Waals surface area contributed by atoms with Crippen molar-refractivity contribution in [1.29, 1.82) is 0 Å². The Kier molecular flexibility index (Phi) is 4.76. The highest BCUT2D eigenvalue weighted by Crippen LogP contribution is 2.14. The molecule has 0 saturated carbocycles. The molecule has 1 aromatic rings. The summed E-state index contributed by atoms with van der Waals surface area (Å²) in [5.41, 5.74) is 0.941. The summed E-state index contributed by atoms with van der Waals surface area (Å²) in [5.74, 6) is 0. The van der Waals surface area contributed by atoms with Crippen LogP contribution in [0, 0.1) is 0 Å². The quantitative estimate of drug-likeness (QED) is 0.897. The van der Waals surface area contributed by atoms with Gasteiger partial charge >= 0.3 is 6.09 Å². The van der Waals surface area contributed by atoms with E-state index in [9.17, 15) is 9.90 Å². The highest BCUT2D eigenvalue weighted by atomic mass is 16.6. The topological polar surface area (TPSA) is 59.0 Å². The second kappa shape index (κ2) is 6.54. The molecule has 0 bridgehead atoms. The minimum atomic E-state index is -0.553. The fraction of sp³-hybridized carbons (Fsp3) is 0.500. The number of aliphatic hydroxyl groups excluding tert-OH is 1. The minimum Gasteiger partial charge on any atom is -0.445 e. The summed E-state index contributed by atoms with van der Waals surface area (Å²) in [7, 11) is 1.58. The first-order valence-electron chi connectivity index (χ1n) is 6.35. The van der Waals surface area contributed by atoms with Gasteiger partial charge < -0.3 is 19.5 Å². The van der Waals surface area contributed by atoms with Crippen LogP contribution in [0.5, 0.6) is 0 Å². The van der Waals surface area contributed by atoms with Crippen molar-refractivity contribution >= 4 is 6.09 Å². The Balaban J connectivity index is 1.85. The van der Waals surface area contributed by atoms with Crippen LogP contribution < -0.4 is 0 Å². The third-order valence-electron chi connectivity index (χ3n) is 3.19. The zero-order valence-corrected chi connectivity index (χ0v) is 11.0. The van der Waals surface area contributed by atoms with Crippen molar-refractivity contribution in [1.82, 2.24) is 4.90 Å². The first-order valence-corrected chi connectivity index (χ1v) is 6.35. The van der Waals surface area contributed by atoms with Crippen molar-refractivity contribution < 1.29 is 19.4 Å². The third-order valence-corrected chi connectivity index (χ3v) is 3.19. The summed E-state index contributed by atoms with van der Waals surface area (Å²) in [6, 6.07) is 9.51. The molecule has 1 aliphatic rings. The van der Waals surface area contributed by atoms with Gasteiger partial charge in [0, 0.05) is 13.5 Å². The summed E-state index contributed by atoms with van der Waals surface area (Å²) in [6.07, 6.45) is -0.542. The molecule has 5 nitrogen and oxygen atoms in total. The smallest absolute Gasteiger partial charge is 0.410 e. The Morgan fingerprint density at radius 3 is 2.79 bits per heavy atom. The molecule has 0 aromatic heterocycles. The maximum Gasteiger partial charge on any atom is 0.410 e. The Morgan fingerprint density at radius 2 is 2.11 bits per heavy atom. The number of ether oxygens (including phenoxy) is 2. The van der Waals surface area contributed by atoms with Crippen molar-refractivity contribution in [2.45, 2.75) is 25.2 Å². The van der Waals surface area contributed by atoms with Gasteiger partial charge in [0.05, 0.1) is 25.3 Å². The van der Waals surface area contributed by atoms with E-state index in [1.165, 1.54) is 4.90 Å². The number of rotatable bonds is 3. The molecular weight excluding hydrogens is 246 g/mol. The van der Waals surface area contributed by atoms with E-state index in [2.05, 4.69) is 0 Å². The highest BCUT2D eigenvalue weighted by molar-refractivity contribution is 5.67. The van der Waals surface area contributed by atoms with Crippen LogP contribution >= 0.6 is 0 Å². The molecule has 0 spiro atoms. The van der Waals surface area contributed by atoms with Crippen molar-refractivity contribution in [2.75, 3.05) is 20.2 Å². The number of aliphatic hydroxyl groups is 1. The van der Waals surface area contributed by atoms with Crippen LogP contribution in [0.3, 0.4) is 0 Å². The first-order chi connectivity index (χ1) is 9.19. The number of piperidine rings is 1. The molecule has 1 fully saturated rings. The van der Waals surface area contributed by atoms with Gasteiger partial charge in [-0.15, -0.1) is 0 Å². The van der Waals surface area contributed by atoms with Gasteiger partial charge in [-0.1, -0.05) is 30.3 Å². The van der Waals surface area contributed by atoms with Gasteiger partial charge in [0.1, 0.15) is 6.61 Å². The van der Waals surface area contributed by atoms with Crippen LogP contribution in [0.4, 0.5) is 4.79 Å². The number of carbonyl (C=O) groups excluding carboxylic acids is 1. The van der Waals surface area contributed by atoms with E-state index >= 15 is 0 Å². The molecular formula is C14H19NO4. The highest BCUT2D eigenvalue weighted by Gasteiger charge is 2.29. The lowest BCUT2D eigenvalue weighted by molar-refractivity contribution is -0.0287. The van der Waals surface area contributed by atoms with Crippen LogP contribution in [-0.4, -0.2) is 48.5 Å². The van der Waals surface area contributed by atoms with Crippen molar-refractivity contribution in [2.24, 2.45) is 0 Å². The largest absolute Gasteiger partial charge is 0.445 e. The summed E-state index contributed by atoms with van der Waals surface area (Å²) in [5, 5.41) is 9.69. The number of hydrogen-bond donors (Lipinski definition) is 1. The van der Waals surface area contributed by atoms with Gasteiger partial charge in [0.15, 0.2) is 0 Å². The van der Waals surface area contributed by atoms with Gasteiger partial charge in [0.25, 0.3) is 0 Å². The molecule has 1 N–H and O–H groups in total. The van der Waals surface area contributed by atoms with Gasteiger partial charge in [-0.3, -0.25) is 0 Å². The number of carbonyl (C=O) groups is 1. The predicted molar refractivity (Wildman–Crippen MR) is 69.6 cm³/mol. The van der Waals surface area contributed by atoms with Gasteiger partial charge in [0.2, 0.25) is 0 Å². The summed E-state index contributed by atoms with van der Waals surface area (Å²) >= 11 is 0. The lowest BCUT2D eigenvalue weighted by atomic mass is 10.1. The van der Waals surface area contributed by atoms with Crippen LogP contribution in [-0.2, 0) is 16.1 Å². The molecule has 1 aromatic carbocycles. The Labute approximate surface area is 112 Å². The van der Waals surface area contributed by atoms with E-state index in [0.29, 0.717) is 19.5 Å². The summed E-state index contributed by atoms with van der Waals surface area (Å²) in [4.78, 5) is 13.4. The molecule has 19 heavy (non-hydrogen) atoms. The van der Waals surface area contributed by atoms with Crippen molar-refractivity contribution in [3.63, 3.8) is 0 Å². The maximum absolute atomic E-state index is 11.9. The van der Waals surface area contributed by atoms with E-state index in [4.69, 9.17) is 9.47 Å². The average Bonchev–Trinajstić information content (AvgIpc) is 2.45.